The summed E-state index contributed by atoms with van der Waals surface area (Å²) in [4.78, 5) is 32.9. The molecule has 2 aromatic heterocycles. The third-order valence-electron chi connectivity index (χ3n) is 4.37. The lowest BCUT2D eigenvalue weighted by molar-refractivity contribution is -0.120. The van der Waals surface area contributed by atoms with Crippen LogP contribution in [0.4, 0.5) is 5.82 Å². The van der Waals surface area contributed by atoms with Crippen LogP contribution >= 0.6 is 0 Å². The Balaban J connectivity index is 1.60. The SMILES string of the molecule is CC(C)(C)c1cc(NC(=O)CCNC(=O)Cc2ccccc2)n(-c2ncccn2)n1. The largest absolute Gasteiger partial charge is 0.355 e. The molecule has 2 amide bonds. The number of carbonyl (C=O) groups is 2. The fraction of sp³-hybridized carbons (Fsp3) is 0.318. The molecular formula is C22H26N6O2. The molecule has 0 radical (unpaired) electrons. The maximum absolute atomic E-state index is 12.5. The summed E-state index contributed by atoms with van der Waals surface area (Å²) in [6.45, 7) is 6.37. The standard InChI is InChI=1S/C22H26N6O2/c1-22(2,3)17-15-18(28(27-17)21-24-11-7-12-25-21)26-19(29)10-13-23-20(30)14-16-8-5-4-6-9-16/h4-9,11-12,15H,10,13-14H2,1-3H3,(H,23,30)(H,26,29). The lowest BCUT2D eigenvalue weighted by Crippen LogP contribution is -2.29. The van der Waals surface area contributed by atoms with Crippen LogP contribution in [0.3, 0.4) is 0 Å². The van der Waals surface area contributed by atoms with Gasteiger partial charge in [0.15, 0.2) is 0 Å². The first-order valence-electron chi connectivity index (χ1n) is 9.81. The van der Waals surface area contributed by atoms with Gasteiger partial charge in [-0.1, -0.05) is 51.1 Å². The molecule has 8 nitrogen and oxygen atoms in total. The summed E-state index contributed by atoms with van der Waals surface area (Å²) in [5, 5.41) is 10.2. The number of nitrogens with one attached hydrogen (secondary N) is 2. The van der Waals surface area contributed by atoms with E-state index in [1.807, 2.05) is 57.2 Å². The molecule has 3 aromatic rings. The molecule has 3 rings (SSSR count). The Labute approximate surface area is 175 Å². The second-order valence-electron chi connectivity index (χ2n) is 7.94. The summed E-state index contributed by atoms with van der Waals surface area (Å²) in [5.74, 6) is 0.519. The number of hydrogen-bond donors (Lipinski definition) is 2. The number of nitrogens with zero attached hydrogens (tertiary/aromatic N) is 4. The van der Waals surface area contributed by atoms with Gasteiger partial charge in [-0.3, -0.25) is 9.59 Å². The molecule has 156 valence electrons. The molecule has 30 heavy (non-hydrogen) atoms. The maximum atomic E-state index is 12.5. The summed E-state index contributed by atoms with van der Waals surface area (Å²) >= 11 is 0. The van der Waals surface area contributed by atoms with Gasteiger partial charge >= 0.3 is 0 Å². The first-order chi connectivity index (χ1) is 14.3. The Morgan fingerprint density at radius 2 is 1.70 bits per heavy atom. The zero-order valence-corrected chi connectivity index (χ0v) is 17.4. The van der Waals surface area contributed by atoms with Gasteiger partial charge in [-0.15, -0.1) is 0 Å². The van der Waals surface area contributed by atoms with Crippen molar-refractivity contribution in [2.24, 2.45) is 0 Å². The number of aromatic nitrogens is 4. The number of carbonyl (C=O) groups excluding carboxylic acids is 2. The van der Waals surface area contributed by atoms with Gasteiger partial charge in [0.1, 0.15) is 5.82 Å². The van der Waals surface area contributed by atoms with Crippen LogP contribution in [0.15, 0.2) is 54.9 Å². The minimum absolute atomic E-state index is 0.119. The minimum Gasteiger partial charge on any atom is -0.355 e. The molecular weight excluding hydrogens is 380 g/mol. The Morgan fingerprint density at radius 1 is 1.00 bits per heavy atom. The van der Waals surface area contributed by atoms with Crippen LogP contribution in [0.25, 0.3) is 5.95 Å². The van der Waals surface area contributed by atoms with Gasteiger partial charge in [0.2, 0.25) is 11.8 Å². The van der Waals surface area contributed by atoms with Crippen molar-refractivity contribution in [1.82, 2.24) is 25.1 Å². The molecule has 0 aliphatic rings. The fourth-order valence-electron chi connectivity index (χ4n) is 2.75. The van der Waals surface area contributed by atoms with Crippen LogP contribution in [0, 0.1) is 0 Å². The Morgan fingerprint density at radius 3 is 2.37 bits per heavy atom. The highest BCUT2D eigenvalue weighted by molar-refractivity contribution is 5.90. The van der Waals surface area contributed by atoms with Crippen molar-refractivity contribution in [3.8, 4) is 5.95 Å². The molecule has 2 N–H and O–H groups in total. The van der Waals surface area contributed by atoms with E-state index in [0.717, 1.165) is 11.3 Å². The number of rotatable bonds is 7. The topological polar surface area (TPSA) is 102 Å². The summed E-state index contributed by atoms with van der Waals surface area (Å²) in [7, 11) is 0. The average molecular weight is 406 g/mol. The highest BCUT2D eigenvalue weighted by atomic mass is 16.2. The predicted octanol–water partition coefficient (Wildman–Crippen LogP) is 2.65. The van der Waals surface area contributed by atoms with Crippen LogP contribution in [0.2, 0.25) is 0 Å². The van der Waals surface area contributed by atoms with E-state index >= 15 is 0 Å². The lowest BCUT2D eigenvalue weighted by atomic mass is 9.92. The average Bonchev–Trinajstić information content (AvgIpc) is 3.13. The van der Waals surface area contributed by atoms with E-state index in [2.05, 4.69) is 25.7 Å². The molecule has 0 bridgehead atoms. The molecule has 0 aliphatic carbocycles. The fourth-order valence-corrected chi connectivity index (χ4v) is 2.75. The monoisotopic (exact) mass is 406 g/mol. The van der Waals surface area contributed by atoms with Gasteiger partial charge in [0.05, 0.1) is 12.1 Å². The van der Waals surface area contributed by atoms with E-state index in [1.165, 1.54) is 4.68 Å². The zero-order chi connectivity index (χ0) is 21.6. The van der Waals surface area contributed by atoms with Gasteiger partial charge in [-0.05, 0) is 11.6 Å². The van der Waals surface area contributed by atoms with Gasteiger partial charge in [-0.25, -0.2) is 9.97 Å². The second kappa shape index (κ2) is 9.30. The van der Waals surface area contributed by atoms with Crippen molar-refractivity contribution in [3.63, 3.8) is 0 Å². The van der Waals surface area contributed by atoms with E-state index in [-0.39, 0.29) is 36.6 Å². The first kappa shape index (κ1) is 21.2. The van der Waals surface area contributed by atoms with Crippen molar-refractivity contribution in [1.29, 1.82) is 0 Å². The van der Waals surface area contributed by atoms with Crippen molar-refractivity contribution in [3.05, 3.63) is 66.1 Å². The number of anilines is 1. The molecule has 8 heteroatoms. The summed E-state index contributed by atoms with van der Waals surface area (Å²) in [6.07, 6.45) is 3.67. The zero-order valence-electron chi connectivity index (χ0n) is 17.4. The summed E-state index contributed by atoms with van der Waals surface area (Å²) in [6, 6.07) is 13.0. The van der Waals surface area contributed by atoms with E-state index in [4.69, 9.17) is 0 Å². The molecule has 0 aliphatic heterocycles. The van der Waals surface area contributed by atoms with Crippen LogP contribution in [-0.2, 0) is 21.4 Å². The highest BCUT2D eigenvalue weighted by Gasteiger charge is 2.22. The smallest absolute Gasteiger partial charge is 0.252 e. The number of hydrogen-bond acceptors (Lipinski definition) is 5. The quantitative estimate of drug-likeness (QED) is 0.628. The third-order valence-corrected chi connectivity index (χ3v) is 4.37. The maximum Gasteiger partial charge on any atom is 0.252 e. The Kier molecular flexibility index (Phi) is 6.56. The van der Waals surface area contributed by atoms with Crippen molar-refractivity contribution in [2.75, 3.05) is 11.9 Å². The van der Waals surface area contributed by atoms with Crippen LogP contribution in [-0.4, -0.2) is 38.1 Å². The van der Waals surface area contributed by atoms with E-state index in [0.29, 0.717) is 11.8 Å². The van der Waals surface area contributed by atoms with Crippen LogP contribution in [0.5, 0.6) is 0 Å². The van der Waals surface area contributed by atoms with Crippen molar-refractivity contribution < 1.29 is 9.59 Å². The lowest BCUT2D eigenvalue weighted by Gasteiger charge is -2.13. The normalized spacial score (nSPS) is 11.2. The second-order valence-corrected chi connectivity index (χ2v) is 7.94. The van der Waals surface area contributed by atoms with Crippen molar-refractivity contribution in [2.45, 2.75) is 39.0 Å². The Hall–Kier alpha value is -3.55. The Bertz CT molecular complexity index is 993. The molecule has 0 spiro atoms. The first-order valence-corrected chi connectivity index (χ1v) is 9.81. The van der Waals surface area contributed by atoms with Crippen LogP contribution in [0.1, 0.15) is 38.4 Å². The number of amides is 2. The van der Waals surface area contributed by atoms with Crippen LogP contribution < -0.4 is 10.6 Å². The summed E-state index contributed by atoms with van der Waals surface area (Å²) < 4.78 is 1.52. The molecule has 0 atom stereocenters. The van der Waals surface area contributed by atoms with Crippen molar-refractivity contribution >= 4 is 17.6 Å². The van der Waals surface area contributed by atoms with Gasteiger partial charge in [0, 0.05) is 36.8 Å². The molecule has 0 unspecified atom stereocenters. The molecule has 1 aromatic carbocycles. The number of benzene rings is 1. The van der Waals surface area contributed by atoms with E-state index < -0.39 is 0 Å². The van der Waals surface area contributed by atoms with Gasteiger partial charge in [-0.2, -0.15) is 9.78 Å². The minimum atomic E-state index is -0.229. The molecule has 0 fully saturated rings. The molecule has 2 heterocycles. The molecule has 0 saturated heterocycles. The van der Waals surface area contributed by atoms with Gasteiger partial charge < -0.3 is 10.6 Å². The molecule has 0 saturated carbocycles. The van der Waals surface area contributed by atoms with E-state index in [9.17, 15) is 9.59 Å². The summed E-state index contributed by atoms with van der Waals surface area (Å²) in [5.41, 5.74) is 1.53. The van der Waals surface area contributed by atoms with Gasteiger partial charge in [0.25, 0.3) is 5.95 Å². The van der Waals surface area contributed by atoms with E-state index in [1.54, 1.807) is 18.5 Å². The predicted molar refractivity (Wildman–Crippen MR) is 114 cm³/mol. The highest BCUT2D eigenvalue weighted by Crippen LogP contribution is 2.25. The third kappa shape index (κ3) is 5.73.